The van der Waals surface area contributed by atoms with E-state index >= 15 is 0 Å². The largest absolute Gasteiger partial charge is 0.505 e. The fraction of sp³-hybridized carbons (Fsp3) is 0.217. The number of aromatic hydroxyl groups is 1. The number of allylic oxidation sites excluding steroid dienone is 1. The Morgan fingerprint density at radius 2 is 2.00 bits per heavy atom. The Kier molecular flexibility index (Phi) is 4.97. The number of para-hydroxylation sites is 1. The normalized spacial score (nSPS) is 17.3. The van der Waals surface area contributed by atoms with Gasteiger partial charge in [0.1, 0.15) is 11.4 Å². The molecule has 2 aliphatic rings. The second kappa shape index (κ2) is 7.83. The van der Waals surface area contributed by atoms with E-state index in [0.717, 1.165) is 18.5 Å². The molecule has 5 rings (SSSR count). The van der Waals surface area contributed by atoms with Crippen LogP contribution in [0.25, 0.3) is 5.69 Å². The molecule has 1 atom stereocenters. The number of carbonyl (C=O) groups is 1. The van der Waals surface area contributed by atoms with Crippen LogP contribution in [0.15, 0.2) is 62.4 Å². The number of hydrogen-bond donors (Lipinski definition) is 3. The third kappa shape index (κ3) is 3.44. The highest BCUT2D eigenvalue weighted by atomic mass is 32.2. The van der Waals surface area contributed by atoms with Crippen molar-refractivity contribution in [2.24, 2.45) is 10.2 Å². The molecule has 1 unspecified atom stereocenters. The molecule has 0 spiro atoms. The van der Waals surface area contributed by atoms with Gasteiger partial charge in [-0.15, -0.1) is 22.0 Å². The fourth-order valence-corrected chi connectivity index (χ4v) is 5.05. The van der Waals surface area contributed by atoms with Gasteiger partial charge in [-0.05, 0) is 55.5 Å². The number of H-pyrrole nitrogens is 1. The van der Waals surface area contributed by atoms with Crippen molar-refractivity contribution < 1.29 is 15.0 Å². The van der Waals surface area contributed by atoms with Crippen molar-refractivity contribution in [3.8, 4) is 11.4 Å². The average molecular weight is 449 g/mol. The van der Waals surface area contributed by atoms with Crippen LogP contribution in [0.5, 0.6) is 5.75 Å². The summed E-state index contributed by atoms with van der Waals surface area (Å²) < 4.78 is 1.45. The van der Waals surface area contributed by atoms with Gasteiger partial charge in [0.25, 0.3) is 5.56 Å². The Morgan fingerprint density at radius 3 is 2.69 bits per heavy atom. The summed E-state index contributed by atoms with van der Waals surface area (Å²) in [6, 6.07) is 11.0. The van der Waals surface area contributed by atoms with Crippen LogP contribution in [-0.4, -0.2) is 26.0 Å². The van der Waals surface area contributed by atoms with E-state index in [4.69, 9.17) is 5.11 Å². The number of aromatic nitrogens is 2. The number of fused-ring (bicyclic) bond motifs is 1. The molecule has 2 heterocycles. The fourth-order valence-electron chi connectivity index (χ4n) is 3.94. The SMILES string of the molecule is Cc1[nH]n(-c2ccc3c(c2)CC3)c(=O)c1N=Nc1cccc(C2CC=C(C(=O)O)S2)c1O. The highest BCUT2D eigenvalue weighted by Gasteiger charge is 2.26. The summed E-state index contributed by atoms with van der Waals surface area (Å²) >= 11 is 1.19. The molecule has 1 aromatic heterocycles. The first kappa shape index (κ1) is 20.3. The number of aliphatic carboxylic acids is 1. The van der Waals surface area contributed by atoms with Gasteiger partial charge in [-0.1, -0.05) is 24.3 Å². The number of hydrogen-bond acceptors (Lipinski definition) is 6. The van der Waals surface area contributed by atoms with Gasteiger partial charge >= 0.3 is 5.97 Å². The van der Waals surface area contributed by atoms with Gasteiger partial charge in [0.15, 0.2) is 5.69 Å². The zero-order valence-electron chi connectivity index (χ0n) is 17.2. The number of rotatable bonds is 5. The molecule has 0 radical (unpaired) electrons. The van der Waals surface area contributed by atoms with Crippen molar-refractivity contribution in [3.63, 3.8) is 0 Å². The lowest BCUT2D eigenvalue weighted by atomic mass is 9.88. The zero-order chi connectivity index (χ0) is 22.4. The summed E-state index contributed by atoms with van der Waals surface area (Å²) in [6.45, 7) is 1.75. The van der Waals surface area contributed by atoms with Gasteiger partial charge in [0.2, 0.25) is 0 Å². The lowest BCUT2D eigenvalue weighted by Crippen LogP contribution is -2.16. The Morgan fingerprint density at radius 1 is 1.19 bits per heavy atom. The molecule has 0 fully saturated rings. The Balaban J connectivity index is 1.43. The molecule has 0 saturated heterocycles. The summed E-state index contributed by atoms with van der Waals surface area (Å²) in [5, 5.41) is 31.0. The molecule has 0 amide bonds. The van der Waals surface area contributed by atoms with E-state index in [2.05, 4.69) is 15.3 Å². The summed E-state index contributed by atoms with van der Waals surface area (Å²) in [6.07, 6.45) is 4.24. The number of phenolic OH excluding ortho intramolecular Hbond substituents is 1. The number of nitrogens with zero attached hydrogens (tertiary/aromatic N) is 3. The number of carboxylic acids is 1. The maximum atomic E-state index is 12.9. The highest BCUT2D eigenvalue weighted by molar-refractivity contribution is 8.04. The van der Waals surface area contributed by atoms with Gasteiger partial charge in [-0.3, -0.25) is 9.89 Å². The Labute approximate surface area is 187 Å². The lowest BCUT2D eigenvalue weighted by Gasteiger charge is -2.19. The van der Waals surface area contributed by atoms with Crippen molar-refractivity contribution in [1.82, 2.24) is 9.78 Å². The van der Waals surface area contributed by atoms with Crippen LogP contribution in [0.4, 0.5) is 11.4 Å². The number of carboxylic acid groups (broad SMARTS) is 1. The Hall–Kier alpha value is -3.59. The van der Waals surface area contributed by atoms with E-state index in [1.165, 1.54) is 27.6 Å². The van der Waals surface area contributed by atoms with E-state index in [-0.39, 0.29) is 32.8 Å². The number of thioether (sulfide) groups is 1. The third-order valence-corrected chi connectivity index (χ3v) is 7.13. The van der Waals surface area contributed by atoms with Crippen LogP contribution in [0.3, 0.4) is 0 Å². The minimum Gasteiger partial charge on any atom is -0.505 e. The first-order valence-corrected chi connectivity index (χ1v) is 11.1. The van der Waals surface area contributed by atoms with E-state index in [9.17, 15) is 14.7 Å². The summed E-state index contributed by atoms with van der Waals surface area (Å²) in [7, 11) is 0. The van der Waals surface area contributed by atoms with E-state index < -0.39 is 5.97 Å². The molecular formula is C23H20N4O4S. The molecule has 162 valence electrons. The summed E-state index contributed by atoms with van der Waals surface area (Å²) in [4.78, 5) is 24.4. The molecule has 3 N–H and O–H groups in total. The smallest absolute Gasteiger partial charge is 0.341 e. The summed E-state index contributed by atoms with van der Waals surface area (Å²) in [5.41, 5.74) is 4.54. The minimum absolute atomic E-state index is 0.0651. The molecule has 9 heteroatoms. The second-order valence-electron chi connectivity index (χ2n) is 7.81. The maximum Gasteiger partial charge on any atom is 0.341 e. The predicted octanol–water partition coefficient (Wildman–Crippen LogP) is 4.84. The molecule has 0 bridgehead atoms. The molecule has 1 aliphatic heterocycles. The topological polar surface area (TPSA) is 120 Å². The van der Waals surface area contributed by atoms with Gasteiger partial charge in [-0.25, -0.2) is 9.48 Å². The zero-order valence-corrected chi connectivity index (χ0v) is 18.0. The molecule has 2 aromatic carbocycles. The molecule has 1 aliphatic carbocycles. The number of nitrogens with one attached hydrogen (secondary N) is 1. The number of aromatic amines is 1. The van der Waals surface area contributed by atoms with Crippen molar-refractivity contribution in [2.45, 2.75) is 31.4 Å². The second-order valence-corrected chi connectivity index (χ2v) is 9.05. The van der Waals surface area contributed by atoms with Crippen molar-refractivity contribution in [1.29, 1.82) is 0 Å². The monoisotopic (exact) mass is 448 g/mol. The van der Waals surface area contributed by atoms with E-state index in [1.54, 1.807) is 31.2 Å². The van der Waals surface area contributed by atoms with Crippen LogP contribution in [0, 0.1) is 6.92 Å². The van der Waals surface area contributed by atoms with Crippen LogP contribution in [0.2, 0.25) is 0 Å². The molecule has 3 aromatic rings. The van der Waals surface area contributed by atoms with Crippen LogP contribution in [0.1, 0.15) is 34.1 Å². The van der Waals surface area contributed by atoms with Crippen LogP contribution < -0.4 is 5.56 Å². The number of phenols is 1. The van der Waals surface area contributed by atoms with E-state index in [1.807, 2.05) is 18.2 Å². The minimum atomic E-state index is -0.972. The van der Waals surface area contributed by atoms with Gasteiger partial charge in [0, 0.05) is 10.8 Å². The van der Waals surface area contributed by atoms with Gasteiger partial charge in [0.05, 0.1) is 16.3 Å². The van der Waals surface area contributed by atoms with E-state index in [0.29, 0.717) is 17.7 Å². The van der Waals surface area contributed by atoms with Crippen LogP contribution in [-0.2, 0) is 17.6 Å². The molecule has 8 nitrogen and oxygen atoms in total. The molecular weight excluding hydrogens is 428 g/mol. The quantitative estimate of drug-likeness (QED) is 0.483. The predicted molar refractivity (Wildman–Crippen MR) is 121 cm³/mol. The summed E-state index contributed by atoms with van der Waals surface area (Å²) in [5.74, 6) is -1.04. The third-order valence-electron chi connectivity index (χ3n) is 5.80. The molecule has 0 saturated carbocycles. The van der Waals surface area contributed by atoms with Gasteiger partial charge < -0.3 is 10.2 Å². The number of benzene rings is 2. The standard InChI is InChI=1S/C23H20N4O4S/c1-12-20(22(29)27(26-12)15-8-7-13-5-6-14(13)11-15)25-24-17-4-2-3-16(21(17)28)18-9-10-19(32-18)23(30)31/h2-4,7-8,10-11,18,26,28H,5-6,9H2,1H3,(H,30,31). The van der Waals surface area contributed by atoms with Gasteiger partial charge in [-0.2, -0.15) is 0 Å². The number of azo groups is 1. The highest BCUT2D eigenvalue weighted by Crippen LogP contribution is 2.48. The lowest BCUT2D eigenvalue weighted by molar-refractivity contribution is -0.131. The average Bonchev–Trinajstić information content (AvgIpc) is 3.34. The maximum absolute atomic E-state index is 12.9. The van der Waals surface area contributed by atoms with Crippen LogP contribution >= 0.6 is 11.8 Å². The number of aryl methyl sites for hydroxylation is 3. The first-order valence-electron chi connectivity index (χ1n) is 10.2. The van der Waals surface area contributed by atoms with Crippen molar-refractivity contribution in [3.05, 3.63) is 80.1 Å². The molecule has 32 heavy (non-hydrogen) atoms. The van der Waals surface area contributed by atoms with Crippen molar-refractivity contribution in [2.75, 3.05) is 0 Å². The first-order chi connectivity index (χ1) is 15.4. The van der Waals surface area contributed by atoms with Crippen molar-refractivity contribution >= 4 is 29.1 Å². The Bertz CT molecular complexity index is 1370.